The van der Waals surface area contributed by atoms with Gasteiger partial charge in [0, 0.05) is 23.9 Å². The molecule has 4 nitrogen and oxygen atoms in total. The van der Waals surface area contributed by atoms with Crippen molar-refractivity contribution >= 4 is 11.8 Å². The zero-order chi connectivity index (χ0) is 17.4. The van der Waals surface area contributed by atoms with E-state index in [1.54, 1.807) is 12.1 Å². The summed E-state index contributed by atoms with van der Waals surface area (Å²) in [6.07, 6.45) is 6.64. The van der Waals surface area contributed by atoms with Gasteiger partial charge < -0.3 is 10.6 Å². The Morgan fingerprint density at radius 2 is 1.60 bits per heavy atom. The van der Waals surface area contributed by atoms with Gasteiger partial charge in [-0.2, -0.15) is 0 Å². The summed E-state index contributed by atoms with van der Waals surface area (Å²) in [4.78, 5) is 24.7. The van der Waals surface area contributed by atoms with Crippen molar-refractivity contribution in [3.63, 3.8) is 0 Å². The first kappa shape index (κ1) is 16.6. The first-order chi connectivity index (χ1) is 12.1. The van der Waals surface area contributed by atoms with Crippen LogP contribution >= 0.6 is 0 Å². The standard InChI is InChI=1S/C20H25FN2O2/c21-14-6-4-12(5-7-14)17-11-18(17)20(25)23-16-3-1-2-13(10-16)19(24)22-15-8-9-15/h4-7,13,15-18H,1-3,8-11H2,(H,22,24)(H,23,25)/t13-,16+,17-,18+/m1/s1. The average Bonchev–Trinajstić information content (AvgIpc) is 3.50. The second kappa shape index (κ2) is 6.77. The van der Waals surface area contributed by atoms with Gasteiger partial charge in [-0.15, -0.1) is 0 Å². The Morgan fingerprint density at radius 1 is 0.880 bits per heavy atom. The number of hydrogen-bond donors (Lipinski definition) is 2. The molecule has 2 N–H and O–H groups in total. The number of hydrogen-bond acceptors (Lipinski definition) is 2. The fraction of sp³-hybridized carbons (Fsp3) is 0.600. The van der Waals surface area contributed by atoms with Crippen LogP contribution in [0.1, 0.15) is 56.4 Å². The van der Waals surface area contributed by atoms with Crippen molar-refractivity contribution in [1.29, 1.82) is 0 Å². The molecule has 0 radical (unpaired) electrons. The molecule has 0 unspecified atom stereocenters. The molecule has 3 aliphatic carbocycles. The molecule has 1 aromatic carbocycles. The third-order valence-corrected chi connectivity index (χ3v) is 5.74. The molecule has 3 saturated carbocycles. The summed E-state index contributed by atoms with van der Waals surface area (Å²) < 4.78 is 13.0. The summed E-state index contributed by atoms with van der Waals surface area (Å²) in [6, 6.07) is 6.94. The number of carbonyl (C=O) groups excluding carboxylic acids is 2. The highest BCUT2D eigenvalue weighted by Gasteiger charge is 2.44. The third kappa shape index (κ3) is 4.02. The first-order valence-corrected chi connectivity index (χ1v) is 9.46. The van der Waals surface area contributed by atoms with Crippen LogP contribution in [0.25, 0.3) is 0 Å². The zero-order valence-corrected chi connectivity index (χ0v) is 14.3. The molecule has 2 amide bonds. The van der Waals surface area contributed by atoms with Crippen LogP contribution in [0, 0.1) is 17.7 Å². The van der Waals surface area contributed by atoms with Gasteiger partial charge in [-0.1, -0.05) is 18.6 Å². The summed E-state index contributed by atoms with van der Waals surface area (Å²) >= 11 is 0. The average molecular weight is 344 g/mol. The lowest BCUT2D eigenvalue weighted by Gasteiger charge is -2.29. The van der Waals surface area contributed by atoms with E-state index in [2.05, 4.69) is 10.6 Å². The molecule has 3 fully saturated rings. The quantitative estimate of drug-likeness (QED) is 0.863. The molecule has 0 heterocycles. The van der Waals surface area contributed by atoms with Gasteiger partial charge in [-0.3, -0.25) is 9.59 Å². The maximum Gasteiger partial charge on any atom is 0.223 e. The van der Waals surface area contributed by atoms with Gasteiger partial charge >= 0.3 is 0 Å². The number of nitrogens with one attached hydrogen (secondary N) is 2. The van der Waals surface area contributed by atoms with Crippen molar-refractivity contribution in [3.05, 3.63) is 35.6 Å². The van der Waals surface area contributed by atoms with Crippen molar-refractivity contribution in [2.45, 2.75) is 62.9 Å². The maximum atomic E-state index is 13.0. The van der Waals surface area contributed by atoms with Gasteiger partial charge in [0.05, 0.1) is 0 Å². The van der Waals surface area contributed by atoms with Crippen molar-refractivity contribution in [2.75, 3.05) is 0 Å². The Balaban J connectivity index is 1.27. The van der Waals surface area contributed by atoms with Crippen molar-refractivity contribution in [1.82, 2.24) is 10.6 Å². The molecule has 3 aliphatic rings. The SMILES string of the molecule is O=C(NC1CC1)[C@@H]1CCC[C@H](NC(=O)[C@H]2C[C@@H]2c2ccc(F)cc2)C1. The van der Waals surface area contributed by atoms with Crippen LogP contribution < -0.4 is 10.6 Å². The molecule has 0 spiro atoms. The molecule has 0 aliphatic heterocycles. The van der Waals surface area contributed by atoms with Crippen LogP contribution in [0.5, 0.6) is 0 Å². The highest BCUT2D eigenvalue weighted by atomic mass is 19.1. The van der Waals surface area contributed by atoms with Crippen LogP contribution in [0.15, 0.2) is 24.3 Å². The Kier molecular flexibility index (Phi) is 4.48. The van der Waals surface area contributed by atoms with Gasteiger partial charge in [-0.25, -0.2) is 4.39 Å². The van der Waals surface area contributed by atoms with E-state index in [4.69, 9.17) is 0 Å². The maximum absolute atomic E-state index is 13.0. The van der Waals surface area contributed by atoms with Crippen LogP contribution in [0.4, 0.5) is 4.39 Å². The highest BCUT2D eigenvalue weighted by Crippen LogP contribution is 2.47. The van der Waals surface area contributed by atoms with Gasteiger partial charge in [0.15, 0.2) is 0 Å². The van der Waals surface area contributed by atoms with Crippen LogP contribution in [-0.2, 0) is 9.59 Å². The van der Waals surface area contributed by atoms with E-state index in [9.17, 15) is 14.0 Å². The number of amides is 2. The lowest BCUT2D eigenvalue weighted by molar-refractivity contribution is -0.128. The van der Waals surface area contributed by atoms with Crippen LogP contribution in [0.3, 0.4) is 0 Å². The number of carbonyl (C=O) groups is 2. The van der Waals surface area contributed by atoms with E-state index in [1.807, 2.05) is 0 Å². The summed E-state index contributed by atoms with van der Waals surface area (Å²) in [5, 5.41) is 6.24. The third-order valence-electron chi connectivity index (χ3n) is 5.74. The van der Waals surface area contributed by atoms with Crippen LogP contribution in [0.2, 0.25) is 0 Å². The van der Waals surface area contributed by atoms with E-state index < -0.39 is 0 Å². The Hall–Kier alpha value is -1.91. The van der Waals surface area contributed by atoms with E-state index in [0.29, 0.717) is 6.04 Å². The molecular weight excluding hydrogens is 319 g/mol. The topological polar surface area (TPSA) is 58.2 Å². The van der Waals surface area contributed by atoms with E-state index in [-0.39, 0.29) is 41.4 Å². The van der Waals surface area contributed by atoms with E-state index in [1.165, 1.54) is 12.1 Å². The summed E-state index contributed by atoms with van der Waals surface area (Å²) in [7, 11) is 0. The fourth-order valence-corrected chi connectivity index (χ4v) is 3.98. The Morgan fingerprint density at radius 3 is 2.32 bits per heavy atom. The summed E-state index contributed by atoms with van der Waals surface area (Å²) in [5.74, 6) is 0.235. The van der Waals surface area contributed by atoms with Gasteiger partial charge in [0.2, 0.25) is 11.8 Å². The Labute approximate surface area is 147 Å². The molecule has 4 atom stereocenters. The fourth-order valence-electron chi connectivity index (χ4n) is 3.98. The molecule has 0 aromatic heterocycles. The second-order valence-corrected chi connectivity index (χ2v) is 7.85. The molecule has 25 heavy (non-hydrogen) atoms. The van der Waals surface area contributed by atoms with Crippen molar-refractivity contribution in [2.24, 2.45) is 11.8 Å². The minimum Gasteiger partial charge on any atom is -0.353 e. The zero-order valence-electron chi connectivity index (χ0n) is 14.3. The normalized spacial score (nSPS) is 31.2. The second-order valence-electron chi connectivity index (χ2n) is 7.85. The summed E-state index contributed by atoms with van der Waals surface area (Å²) in [5.41, 5.74) is 1.03. The smallest absolute Gasteiger partial charge is 0.223 e. The molecule has 1 aromatic rings. The number of halogens is 1. The lowest BCUT2D eigenvalue weighted by atomic mass is 9.85. The lowest BCUT2D eigenvalue weighted by Crippen LogP contribution is -2.43. The minimum atomic E-state index is -0.247. The minimum absolute atomic E-state index is 0.00821. The van der Waals surface area contributed by atoms with Gasteiger partial charge in [0.1, 0.15) is 5.82 Å². The van der Waals surface area contributed by atoms with Crippen LogP contribution in [-0.4, -0.2) is 23.9 Å². The molecule has 5 heteroatoms. The molecule has 134 valence electrons. The molecule has 0 saturated heterocycles. The predicted octanol–water partition coefficient (Wildman–Crippen LogP) is 2.88. The largest absolute Gasteiger partial charge is 0.353 e. The molecule has 0 bridgehead atoms. The molecular formula is C20H25FN2O2. The van der Waals surface area contributed by atoms with Crippen molar-refractivity contribution < 1.29 is 14.0 Å². The number of rotatable bonds is 5. The highest BCUT2D eigenvalue weighted by molar-refractivity contribution is 5.83. The molecule has 4 rings (SSSR count). The van der Waals surface area contributed by atoms with Gasteiger partial charge in [0.25, 0.3) is 0 Å². The summed E-state index contributed by atoms with van der Waals surface area (Å²) in [6.45, 7) is 0. The van der Waals surface area contributed by atoms with E-state index >= 15 is 0 Å². The Bertz CT molecular complexity index is 656. The monoisotopic (exact) mass is 344 g/mol. The number of benzene rings is 1. The van der Waals surface area contributed by atoms with Gasteiger partial charge in [-0.05, 0) is 62.1 Å². The van der Waals surface area contributed by atoms with Crippen molar-refractivity contribution in [3.8, 4) is 0 Å². The first-order valence-electron chi connectivity index (χ1n) is 9.46. The predicted molar refractivity (Wildman–Crippen MR) is 92.3 cm³/mol. The van der Waals surface area contributed by atoms with E-state index in [0.717, 1.165) is 50.5 Å².